The van der Waals surface area contributed by atoms with E-state index < -0.39 is 17.7 Å². The fourth-order valence-electron chi connectivity index (χ4n) is 0.773. The molecule has 0 saturated heterocycles. The van der Waals surface area contributed by atoms with Crippen LogP contribution >= 0.6 is 0 Å². The van der Waals surface area contributed by atoms with Gasteiger partial charge in [0.05, 0.1) is 0 Å². The summed E-state index contributed by atoms with van der Waals surface area (Å²) < 4.78 is 9.25. The van der Waals surface area contributed by atoms with E-state index in [0.29, 0.717) is 6.54 Å². The van der Waals surface area contributed by atoms with Gasteiger partial charge >= 0.3 is 12.1 Å². The zero-order valence-corrected chi connectivity index (χ0v) is 9.70. The van der Waals surface area contributed by atoms with Gasteiger partial charge in [-0.05, 0) is 33.2 Å². The molecule has 0 bridgehead atoms. The molecule has 0 saturated carbocycles. The lowest BCUT2D eigenvalue weighted by molar-refractivity contribution is -0.142. The molecule has 0 aliphatic rings. The van der Waals surface area contributed by atoms with Gasteiger partial charge < -0.3 is 15.2 Å². The standard InChI is InChI=1S/C10H19NO4/c1-7(6-11)5-8(12)14-9(13)15-10(2,3)4/h7H,5-6,11H2,1-4H3/t7-/m0/s1. The zero-order chi connectivity index (χ0) is 12.1. The van der Waals surface area contributed by atoms with Gasteiger partial charge in [0.1, 0.15) is 5.60 Å². The first-order valence-electron chi connectivity index (χ1n) is 4.88. The van der Waals surface area contributed by atoms with Crippen molar-refractivity contribution in [1.82, 2.24) is 0 Å². The molecule has 2 N–H and O–H groups in total. The van der Waals surface area contributed by atoms with E-state index in [4.69, 9.17) is 10.5 Å². The van der Waals surface area contributed by atoms with Crippen molar-refractivity contribution in [1.29, 1.82) is 0 Å². The van der Waals surface area contributed by atoms with Crippen LogP contribution in [0, 0.1) is 5.92 Å². The Morgan fingerprint density at radius 1 is 1.33 bits per heavy atom. The molecule has 15 heavy (non-hydrogen) atoms. The third-order valence-electron chi connectivity index (χ3n) is 1.50. The normalized spacial score (nSPS) is 13.1. The molecule has 0 radical (unpaired) electrons. The van der Waals surface area contributed by atoms with Gasteiger partial charge in [0, 0.05) is 6.42 Å². The number of nitrogens with two attached hydrogens (primary N) is 1. The molecule has 0 aliphatic heterocycles. The number of ether oxygens (including phenoxy) is 2. The van der Waals surface area contributed by atoms with Crippen LogP contribution in [0.3, 0.4) is 0 Å². The third-order valence-corrected chi connectivity index (χ3v) is 1.50. The number of rotatable bonds is 3. The van der Waals surface area contributed by atoms with Crippen LogP contribution in [0.15, 0.2) is 0 Å². The van der Waals surface area contributed by atoms with Crippen molar-refractivity contribution in [3.63, 3.8) is 0 Å². The van der Waals surface area contributed by atoms with Crippen molar-refractivity contribution < 1.29 is 19.1 Å². The number of hydrogen-bond donors (Lipinski definition) is 1. The summed E-state index contributed by atoms with van der Waals surface area (Å²) in [6.45, 7) is 7.27. The Bertz CT molecular complexity index is 232. The average Bonchev–Trinajstić information content (AvgIpc) is 1.99. The van der Waals surface area contributed by atoms with Gasteiger partial charge in [0.25, 0.3) is 0 Å². The Labute approximate surface area is 89.9 Å². The highest BCUT2D eigenvalue weighted by atomic mass is 16.7. The Kier molecular flexibility index (Phi) is 5.28. The van der Waals surface area contributed by atoms with Crippen molar-refractivity contribution >= 4 is 12.1 Å². The molecule has 0 aliphatic carbocycles. The van der Waals surface area contributed by atoms with E-state index in [2.05, 4.69) is 4.74 Å². The van der Waals surface area contributed by atoms with Crippen LogP contribution in [0.2, 0.25) is 0 Å². The lowest BCUT2D eigenvalue weighted by atomic mass is 10.1. The van der Waals surface area contributed by atoms with E-state index >= 15 is 0 Å². The van der Waals surface area contributed by atoms with Crippen LogP contribution in [-0.2, 0) is 14.3 Å². The number of carbonyl (C=O) groups excluding carboxylic acids is 2. The van der Waals surface area contributed by atoms with Gasteiger partial charge in [-0.25, -0.2) is 4.79 Å². The Morgan fingerprint density at radius 2 is 1.87 bits per heavy atom. The van der Waals surface area contributed by atoms with E-state index in [0.717, 1.165) is 0 Å². The quantitative estimate of drug-likeness (QED) is 0.571. The molecule has 0 aromatic heterocycles. The van der Waals surface area contributed by atoms with Crippen LogP contribution in [0.4, 0.5) is 4.79 Å². The van der Waals surface area contributed by atoms with Gasteiger partial charge in [-0.15, -0.1) is 0 Å². The first-order chi connectivity index (χ1) is 6.74. The van der Waals surface area contributed by atoms with E-state index in [-0.39, 0.29) is 12.3 Å². The summed E-state index contributed by atoms with van der Waals surface area (Å²) in [5, 5.41) is 0. The zero-order valence-electron chi connectivity index (χ0n) is 9.70. The second-order valence-corrected chi connectivity index (χ2v) is 4.48. The minimum absolute atomic E-state index is 0.0000586. The summed E-state index contributed by atoms with van der Waals surface area (Å²) in [7, 11) is 0. The van der Waals surface area contributed by atoms with E-state index in [9.17, 15) is 9.59 Å². The van der Waals surface area contributed by atoms with E-state index in [1.807, 2.05) is 0 Å². The molecule has 0 aromatic carbocycles. The third kappa shape index (κ3) is 7.93. The molecule has 0 rings (SSSR count). The fourth-order valence-corrected chi connectivity index (χ4v) is 0.773. The molecule has 0 amide bonds. The largest absolute Gasteiger partial charge is 0.516 e. The molecular weight excluding hydrogens is 198 g/mol. The number of hydrogen-bond acceptors (Lipinski definition) is 5. The Morgan fingerprint density at radius 3 is 2.27 bits per heavy atom. The maximum absolute atomic E-state index is 11.1. The Hall–Kier alpha value is -1.10. The summed E-state index contributed by atoms with van der Waals surface area (Å²) in [6, 6.07) is 0. The molecule has 0 heterocycles. The molecule has 0 fully saturated rings. The van der Waals surface area contributed by atoms with Gasteiger partial charge in [0.2, 0.25) is 0 Å². The van der Waals surface area contributed by atoms with Crippen molar-refractivity contribution in [2.45, 2.75) is 39.7 Å². The fraction of sp³-hybridized carbons (Fsp3) is 0.800. The van der Waals surface area contributed by atoms with Crippen LogP contribution in [0.1, 0.15) is 34.1 Å². The van der Waals surface area contributed by atoms with Crippen LogP contribution < -0.4 is 5.73 Å². The molecule has 88 valence electrons. The minimum Gasteiger partial charge on any atom is -0.428 e. The first kappa shape index (κ1) is 13.9. The smallest absolute Gasteiger partial charge is 0.428 e. The summed E-state index contributed by atoms with van der Waals surface area (Å²) in [4.78, 5) is 22.2. The summed E-state index contributed by atoms with van der Waals surface area (Å²) >= 11 is 0. The molecule has 0 unspecified atom stereocenters. The summed E-state index contributed by atoms with van der Waals surface area (Å²) in [6.07, 6.45) is -0.841. The summed E-state index contributed by atoms with van der Waals surface area (Å²) in [5.74, 6) is -0.609. The molecule has 0 aromatic rings. The van der Waals surface area contributed by atoms with Crippen molar-refractivity contribution in [3.8, 4) is 0 Å². The predicted molar refractivity (Wildman–Crippen MR) is 55.2 cm³/mol. The highest BCUT2D eigenvalue weighted by molar-refractivity contribution is 5.82. The topological polar surface area (TPSA) is 78.6 Å². The van der Waals surface area contributed by atoms with Gasteiger partial charge in [0.15, 0.2) is 0 Å². The average molecular weight is 217 g/mol. The highest BCUT2D eigenvalue weighted by Crippen LogP contribution is 2.09. The maximum Gasteiger partial charge on any atom is 0.516 e. The first-order valence-corrected chi connectivity index (χ1v) is 4.88. The SMILES string of the molecule is C[C@H](CN)CC(=O)OC(=O)OC(C)(C)C. The minimum atomic E-state index is -0.961. The van der Waals surface area contributed by atoms with Crippen molar-refractivity contribution in [3.05, 3.63) is 0 Å². The van der Waals surface area contributed by atoms with Gasteiger partial charge in [-0.2, -0.15) is 0 Å². The molecule has 0 spiro atoms. The maximum atomic E-state index is 11.1. The number of esters is 1. The van der Waals surface area contributed by atoms with E-state index in [1.165, 1.54) is 0 Å². The second-order valence-electron chi connectivity index (χ2n) is 4.48. The van der Waals surface area contributed by atoms with Gasteiger partial charge in [-0.3, -0.25) is 4.79 Å². The van der Waals surface area contributed by atoms with Crippen LogP contribution in [0.25, 0.3) is 0 Å². The molecule has 5 heteroatoms. The van der Waals surface area contributed by atoms with E-state index in [1.54, 1.807) is 27.7 Å². The Balaban J connectivity index is 3.92. The second kappa shape index (κ2) is 5.70. The monoisotopic (exact) mass is 217 g/mol. The van der Waals surface area contributed by atoms with Crippen molar-refractivity contribution in [2.75, 3.05) is 6.54 Å². The van der Waals surface area contributed by atoms with Gasteiger partial charge in [-0.1, -0.05) is 6.92 Å². The van der Waals surface area contributed by atoms with Crippen LogP contribution in [0.5, 0.6) is 0 Å². The molecular formula is C10H19NO4. The highest BCUT2D eigenvalue weighted by Gasteiger charge is 2.20. The summed E-state index contributed by atoms with van der Waals surface area (Å²) in [5.41, 5.74) is 4.67. The molecule has 5 nitrogen and oxygen atoms in total. The lowest BCUT2D eigenvalue weighted by Crippen LogP contribution is -2.27. The van der Waals surface area contributed by atoms with Crippen molar-refractivity contribution in [2.24, 2.45) is 11.7 Å². The number of carbonyl (C=O) groups is 2. The van der Waals surface area contributed by atoms with Crippen LogP contribution in [-0.4, -0.2) is 24.3 Å². The lowest BCUT2D eigenvalue weighted by Gasteiger charge is -2.18. The predicted octanol–water partition coefficient (Wildman–Crippen LogP) is 1.45. The molecule has 1 atom stereocenters.